The van der Waals surface area contributed by atoms with E-state index in [1.54, 1.807) is 7.11 Å². The third-order valence-corrected chi connectivity index (χ3v) is 2.73. The molecule has 0 aliphatic heterocycles. The number of ether oxygens (including phenoxy) is 2. The van der Waals surface area contributed by atoms with E-state index < -0.39 is 0 Å². The van der Waals surface area contributed by atoms with E-state index in [1.165, 1.54) is 0 Å². The zero-order chi connectivity index (χ0) is 13.5. The first-order valence-corrected chi connectivity index (χ1v) is 6.00. The van der Waals surface area contributed by atoms with Gasteiger partial charge in [0.05, 0.1) is 7.11 Å². The molecule has 0 N–H and O–H groups in total. The van der Waals surface area contributed by atoms with Gasteiger partial charge in [-0.25, -0.2) is 6.57 Å². The van der Waals surface area contributed by atoms with E-state index in [-0.39, 0.29) is 0 Å². The van der Waals surface area contributed by atoms with Crippen LogP contribution in [0.15, 0.2) is 48.5 Å². The van der Waals surface area contributed by atoms with Gasteiger partial charge in [0.25, 0.3) is 0 Å². The van der Waals surface area contributed by atoms with Gasteiger partial charge >= 0.3 is 0 Å². The summed E-state index contributed by atoms with van der Waals surface area (Å²) in [6.45, 7) is 7.74. The van der Waals surface area contributed by atoms with E-state index in [9.17, 15) is 0 Å². The number of benzene rings is 2. The van der Waals surface area contributed by atoms with Gasteiger partial charge in [-0.3, -0.25) is 0 Å². The van der Waals surface area contributed by atoms with Crippen molar-refractivity contribution >= 4 is 0 Å². The average Bonchev–Trinajstić information content (AvgIpc) is 2.47. The Kier molecular flexibility index (Phi) is 4.41. The van der Waals surface area contributed by atoms with Crippen molar-refractivity contribution in [2.75, 3.05) is 7.11 Å². The van der Waals surface area contributed by atoms with Gasteiger partial charge in [-0.2, -0.15) is 0 Å². The Hall–Kier alpha value is -2.47. The number of methoxy groups -OCH3 is 1. The fourth-order valence-corrected chi connectivity index (χ4v) is 1.76. The fraction of sp³-hybridized carbons (Fsp3) is 0.188. The van der Waals surface area contributed by atoms with Crippen LogP contribution < -0.4 is 9.47 Å². The summed E-state index contributed by atoms with van der Waals surface area (Å²) in [6, 6.07) is 15.5. The minimum absolute atomic E-state index is 0.353. The lowest BCUT2D eigenvalue weighted by Gasteiger charge is -2.11. The maximum atomic E-state index is 6.90. The van der Waals surface area contributed by atoms with Crippen LogP contribution in [0.25, 0.3) is 4.85 Å². The fourth-order valence-electron chi connectivity index (χ4n) is 1.76. The molecule has 0 atom stereocenters. The second-order valence-electron chi connectivity index (χ2n) is 4.08. The highest BCUT2D eigenvalue weighted by atomic mass is 16.5. The zero-order valence-electron chi connectivity index (χ0n) is 10.8. The molecule has 2 aromatic rings. The molecule has 0 saturated heterocycles. The Morgan fingerprint density at radius 3 is 2.47 bits per heavy atom. The summed E-state index contributed by atoms with van der Waals surface area (Å²) in [5.41, 5.74) is 2.03. The molecule has 0 unspecified atom stereocenters. The minimum atomic E-state index is 0.353. The second kappa shape index (κ2) is 6.46. The molecule has 2 aromatic carbocycles. The smallest absolute Gasteiger partial charge is 0.239 e. The lowest BCUT2D eigenvalue weighted by Crippen LogP contribution is -1.98. The van der Waals surface area contributed by atoms with E-state index in [1.807, 2.05) is 48.5 Å². The molecular weight excluding hydrogens is 238 g/mol. The largest absolute Gasteiger partial charge is 0.493 e. The Labute approximate surface area is 113 Å². The SMILES string of the molecule is [C-]#[N+]Cc1ccc(OC)c(OCc2ccccc2)c1. The summed E-state index contributed by atoms with van der Waals surface area (Å²) in [5.74, 6) is 1.36. The number of hydrogen-bond acceptors (Lipinski definition) is 2. The van der Waals surface area contributed by atoms with Gasteiger partial charge in [0.1, 0.15) is 6.61 Å². The first-order valence-electron chi connectivity index (χ1n) is 6.00. The normalized spacial score (nSPS) is 9.68. The molecule has 0 amide bonds. The first-order chi connectivity index (χ1) is 9.33. The van der Waals surface area contributed by atoms with Crippen LogP contribution in [0.2, 0.25) is 0 Å². The van der Waals surface area contributed by atoms with Crippen molar-refractivity contribution in [2.24, 2.45) is 0 Å². The van der Waals surface area contributed by atoms with Crippen molar-refractivity contribution in [2.45, 2.75) is 13.2 Å². The van der Waals surface area contributed by atoms with E-state index in [2.05, 4.69) is 4.85 Å². The van der Waals surface area contributed by atoms with Gasteiger partial charge < -0.3 is 14.3 Å². The standard InChI is InChI=1S/C16H15NO2/c1-17-11-14-8-9-15(18-2)16(10-14)19-12-13-6-4-3-5-7-13/h3-10H,11-12H2,2H3. The van der Waals surface area contributed by atoms with Crippen molar-refractivity contribution in [3.05, 3.63) is 71.1 Å². The van der Waals surface area contributed by atoms with Crippen LogP contribution in [0, 0.1) is 6.57 Å². The van der Waals surface area contributed by atoms with Crippen molar-refractivity contribution in [1.29, 1.82) is 0 Å². The van der Waals surface area contributed by atoms with Crippen LogP contribution in [-0.2, 0) is 13.2 Å². The van der Waals surface area contributed by atoms with E-state index in [0.717, 1.165) is 11.1 Å². The average molecular weight is 253 g/mol. The Balaban J connectivity index is 2.14. The van der Waals surface area contributed by atoms with Gasteiger partial charge in [0.2, 0.25) is 6.54 Å². The van der Waals surface area contributed by atoms with E-state index in [4.69, 9.17) is 16.0 Å². The first kappa shape index (κ1) is 13.0. The highest BCUT2D eigenvalue weighted by Gasteiger charge is 2.07. The van der Waals surface area contributed by atoms with E-state index in [0.29, 0.717) is 24.7 Å². The molecular formula is C16H15NO2. The molecule has 0 aromatic heterocycles. The van der Waals surface area contributed by atoms with Gasteiger partial charge in [-0.15, -0.1) is 0 Å². The molecule has 0 aliphatic carbocycles. The van der Waals surface area contributed by atoms with Gasteiger partial charge in [-0.05, 0) is 23.8 Å². The summed E-state index contributed by atoms with van der Waals surface area (Å²) in [6.07, 6.45) is 0. The van der Waals surface area contributed by atoms with Crippen molar-refractivity contribution in [3.63, 3.8) is 0 Å². The van der Waals surface area contributed by atoms with Crippen LogP contribution in [0.3, 0.4) is 0 Å². The van der Waals surface area contributed by atoms with Crippen LogP contribution >= 0.6 is 0 Å². The summed E-state index contributed by atoms with van der Waals surface area (Å²) in [5, 5.41) is 0. The summed E-state index contributed by atoms with van der Waals surface area (Å²) in [7, 11) is 1.61. The van der Waals surface area contributed by atoms with E-state index >= 15 is 0 Å². The monoisotopic (exact) mass is 253 g/mol. The van der Waals surface area contributed by atoms with Crippen LogP contribution in [0.4, 0.5) is 0 Å². The topological polar surface area (TPSA) is 22.8 Å². The highest BCUT2D eigenvalue weighted by molar-refractivity contribution is 5.43. The molecule has 0 saturated carbocycles. The summed E-state index contributed by atoms with van der Waals surface area (Å²) < 4.78 is 11.0. The van der Waals surface area contributed by atoms with Crippen molar-refractivity contribution in [1.82, 2.24) is 0 Å². The van der Waals surface area contributed by atoms with Crippen molar-refractivity contribution < 1.29 is 9.47 Å². The quantitative estimate of drug-likeness (QED) is 0.758. The number of hydrogen-bond donors (Lipinski definition) is 0. The minimum Gasteiger partial charge on any atom is -0.493 e. The lowest BCUT2D eigenvalue weighted by atomic mass is 10.2. The van der Waals surface area contributed by atoms with Crippen LogP contribution in [0.1, 0.15) is 11.1 Å². The van der Waals surface area contributed by atoms with Gasteiger partial charge in [0, 0.05) is 5.56 Å². The predicted octanol–water partition coefficient (Wildman–Crippen LogP) is 3.69. The third kappa shape index (κ3) is 3.49. The molecule has 0 bridgehead atoms. The van der Waals surface area contributed by atoms with Crippen molar-refractivity contribution in [3.8, 4) is 11.5 Å². The third-order valence-electron chi connectivity index (χ3n) is 2.73. The summed E-state index contributed by atoms with van der Waals surface area (Å²) >= 11 is 0. The maximum absolute atomic E-state index is 6.90. The maximum Gasteiger partial charge on any atom is 0.239 e. The second-order valence-corrected chi connectivity index (χ2v) is 4.08. The molecule has 0 fully saturated rings. The molecule has 0 radical (unpaired) electrons. The van der Waals surface area contributed by atoms with Gasteiger partial charge in [0.15, 0.2) is 11.5 Å². The number of nitrogens with zero attached hydrogens (tertiary/aromatic N) is 1. The Bertz CT molecular complexity index is 573. The zero-order valence-corrected chi connectivity index (χ0v) is 10.8. The predicted molar refractivity (Wildman–Crippen MR) is 74.1 cm³/mol. The number of rotatable bonds is 5. The molecule has 3 nitrogen and oxygen atoms in total. The summed E-state index contributed by atoms with van der Waals surface area (Å²) in [4.78, 5) is 3.37. The molecule has 0 spiro atoms. The Morgan fingerprint density at radius 1 is 1.00 bits per heavy atom. The molecule has 3 heteroatoms. The van der Waals surface area contributed by atoms with Crippen LogP contribution in [0.5, 0.6) is 11.5 Å². The molecule has 96 valence electrons. The highest BCUT2D eigenvalue weighted by Crippen LogP contribution is 2.29. The molecule has 0 heterocycles. The van der Waals surface area contributed by atoms with Gasteiger partial charge in [-0.1, -0.05) is 30.3 Å². The lowest BCUT2D eigenvalue weighted by molar-refractivity contribution is 0.284. The van der Waals surface area contributed by atoms with Crippen LogP contribution in [-0.4, -0.2) is 7.11 Å². The molecule has 2 rings (SSSR count). The molecule has 0 aliphatic rings. The Morgan fingerprint density at radius 2 is 1.79 bits per heavy atom. The molecule has 19 heavy (non-hydrogen) atoms.